The van der Waals surface area contributed by atoms with Crippen LogP contribution in [0.2, 0.25) is 0 Å². The molecular formula is C25H26N6O5S. The second-order valence-corrected chi connectivity index (χ2v) is 10.4. The van der Waals surface area contributed by atoms with Crippen molar-refractivity contribution in [1.82, 2.24) is 19.1 Å². The summed E-state index contributed by atoms with van der Waals surface area (Å²) in [4.78, 5) is 34.8. The number of hydrogen-bond donors (Lipinski definition) is 2. The SMILES string of the molecule is COc1ccc(Cn2c(=O)nc(NCc3cccnc3N)n(Cc3ccc(S(C)(=O)=O)cc3)c2=O)cc1. The molecule has 0 fully saturated rings. The summed E-state index contributed by atoms with van der Waals surface area (Å²) in [5, 5.41) is 3.02. The van der Waals surface area contributed by atoms with Crippen LogP contribution in [0.1, 0.15) is 16.7 Å². The van der Waals surface area contributed by atoms with Crippen molar-refractivity contribution in [2.75, 3.05) is 24.4 Å². The van der Waals surface area contributed by atoms with Gasteiger partial charge in [0.1, 0.15) is 11.6 Å². The van der Waals surface area contributed by atoms with E-state index in [2.05, 4.69) is 15.3 Å². The van der Waals surface area contributed by atoms with Gasteiger partial charge in [0, 0.05) is 24.6 Å². The number of aromatic nitrogens is 4. The summed E-state index contributed by atoms with van der Waals surface area (Å²) in [6.07, 6.45) is 2.69. The fourth-order valence-corrected chi connectivity index (χ4v) is 4.29. The van der Waals surface area contributed by atoms with Crippen LogP contribution < -0.4 is 27.2 Å². The predicted molar refractivity (Wildman–Crippen MR) is 139 cm³/mol. The molecule has 0 saturated heterocycles. The van der Waals surface area contributed by atoms with Gasteiger partial charge in [0.15, 0.2) is 9.84 Å². The van der Waals surface area contributed by atoms with Gasteiger partial charge in [-0.25, -0.2) is 27.6 Å². The molecule has 3 N–H and O–H groups in total. The lowest BCUT2D eigenvalue weighted by Crippen LogP contribution is -2.43. The van der Waals surface area contributed by atoms with Gasteiger partial charge in [-0.2, -0.15) is 4.98 Å². The van der Waals surface area contributed by atoms with Crippen molar-refractivity contribution in [3.05, 3.63) is 105 Å². The average Bonchev–Trinajstić information content (AvgIpc) is 2.88. The number of nitrogen functional groups attached to an aromatic ring is 1. The van der Waals surface area contributed by atoms with Crippen molar-refractivity contribution in [3.63, 3.8) is 0 Å². The number of ether oxygens (including phenoxy) is 1. The molecule has 11 nitrogen and oxygen atoms in total. The van der Waals surface area contributed by atoms with Gasteiger partial charge in [0.25, 0.3) is 0 Å². The monoisotopic (exact) mass is 522 g/mol. The summed E-state index contributed by atoms with van der Waals surface area (Å²) >= 11 is 0. The molecule has 0 unspecified atom stereocenters. The van der Waals surface area contributed by atoms with Crippen LogP contribution in [-0.2, 0) is 29.5 Å². The lowest BCUT2D eigenvalue weighted by atomic mass is 10.2. The highest BCUT2D eigenvalue weighted by Crippen LogP contribution is 2.15. The first-order valence-corrected chi connectivity index (χ1v) is 13.1. The Labute approximate surface area is 213 Å². The highest BCUT2D eigenvalue weighted by molar-refractivity contribution is 7.90. The fourth-order valence-electron chi connectivity index (χ4n) is 3.65. The van der Waals surface area contributed by atoms with Crippen molar-refractivity contribution in [3.8, 4) is 5.75 Å². The van der Waals surface area contributed by atoms with Gasteiger partial charge < -0.3 is 15.8 Å². The van der Waals surface area contributed by atoms with Crippen LogP contribution in [0.3, 0.4) is 0 Å². The molecule has 0 aliphatic heterocycles. The number of anilines is 2. The topological polar surface area (TPSA) is 151 Å². The van der Waals surface area contributed by atoms with Gasteiger partial charge in [0.2, 0.25) is 5.95 Å². The van der Waals surface area contributed by atoms with Gasteiger partial charge in [-0.1, -0.05) is 30.3 Å². The van der Waals surface area contributed by atoms with E-state index >= 15 is 0 Å². The Morgan fingerprint density at radius 1 is 0.946 bits per heavy atom. The van der Waals surface area contributed by atoms with Gasteiger partial charge in [-0.15, -0.1) is 0 Å². The Hall–Kier alpha value is -4.45. The fraction of sp³-hybridized carbons (Fsp3) is 0.200. The summed E-state index contributed by atoms with van der Waals surface area (Å²) in [7, 11) is -1.82. The molecule has 37 heavy (non-hydrogen) atoms. The van der Waals surface area contributed by atoms with Crippen molar-refractivity contribution in [2.45, 2.75) is 24.5 Å². The number of nitrogens with one attached hydrogen (secondary N) is 1. The molecule has 2 aromatic heterocycles. The first-order valence-electron chi connectivity index (χ1n) is 11.2. The maximum Gasteiger partial charge on any atom is 0.355 e. The Bertz CT molecular complexity index is 1630. The molecule has 0 spiro atoms. The zero-order valence-electron chi connectivity index (χ0n) is 20.3. The van der Waals surface area contributed by atoms with Crippen molar-refractivity contribution in [2.24, 2.45) is 0 Å². The van der Waals surface area contributed by atoms with E-state index in [0.717, 1.165) is 16.4 Å². The van der Waals surface area contributed by atoms with Crippen LogP contribution in [0.4, 0.5) is 11.8 Å². The summed E-state index contributed by atoms with van der Waals surface area (Å²) in [5.74, 6) is 1.02. The zero-order chi connectivity index (χ0) is 26.6. The molecule has 0 radical (unpaired) electrons. The van der Waals surface area contributed by atoms with E-state index in [1.54, 1.807) is 61.8 Å². The third kappa shape index (κ3) is 6.04. The highest BCUT2D eigenvalue weighted by atomic mass is 32.2. The Morgan fingerprint density at radius 2 is 1.57 bits per heavy atom. The normalized spacial score (nSPS) is 11.3. The van der Waals surface area contributed by atoms with E-state index < -0.39 is 21.2 Å². The first kappa shape index (κ1) is 25.6. The van der Waals surface area contributed by atoms with Crippen LogP contribution in [0.5, 0.6) is 5.75 Å². The molecule has 4 rings (SSSR count). The number of hydrogen-bond acceptors (Lipinski definition) is 9. The van der Waals surface area contributed by atoms with E-state index in [4.69, 9.17) is 10.5 Å². The molecule has 2 heterocycles. The van der Waals surface area contributed by atoms with E-state index in [1.165, 1.54) is 16.7 Å². The Kier molecular flexibility index (Phi) is 7.39. The van der Waals surface area contributed by atoms with Crippen LogP contribution >= 0.6 is 0 Å². The maximum absolute atomic E-state index is 13.5. The number of rotatable bonds is 9. The molecular weight excluding hydrogens is 496 g/mol. The van der Waals surface area contributed by atoms with E-state index in [0.29, 0.717) is 22.7 Å². The second-order valence-electron chi connectivity index (χ2n) is 8.34. The van der Waals surface area contributed by atoms with Gasteiger partial charge in [-0.3, -0.25) is 4.57 Å². The number of pyridine rings is 1. The number of nitrogens with zero attached hydrogens (tertiary/aromatic N) is 4. The molecule has 0 aliphatic carbocycles. The maximum atomic E-state index is 13.5. The van der Waals surface area contributed by atoms with Gasteiger partial charge in [-0.05, 0) is 41.5 Å². The molecule has 0 amide bonds. The molecule has 0 saturated carbocycles. The molecule has 0 aliphatic rings. The molecule has 4 aromatic rings. The molecule has 2 aromatic carbocycles. The van der Waals surface area contributed by atoms with Crippen LogP contribution in [0.25, 0.3) is 0 Å². The quantitative estimate of drug-likeness (QED) is 0.333. The third-order valence-corrected chi connectivity index (χ3v) is 6.83. The van der Waals surface area contributed by atoms with Crippen molar-refractivity contribution >= 4 is 21.6 Å². The van der Waals surface area contributed by atoms with Crippen LogP contribution in [0.15, 0.2) is 81.3 Å². The second kappa shape index (κ2) is 10.7. The van der Waals surface area contributed by atoms with Crippen molar-refractivity contribution in [1.29, 1.82) is 0 Å². The van der Waals surface area contributed by atoms with Crippen LogP contribution in [-0.4, -0.2) is 40.9 Å². The summed E-state index contributed by atoms with van der Waals surface area (Å²) in [6.45, 7) is 0.238. The first-order chi connectivity index (χ1) is 17.7. The minimum atomic E-state index is -3.37. The van der Waals surface area contributed by atoms with E-state index in [9.17, 15) is 18.0 Å². The Morgan fingerprint density at radius 3 is 2.16 bits per heavy atom. The summed E-state index contributed by atoms with van der Waals surface area (Å²) < 4.78 is 31.2. The highest BCUT2D eigenvalue weighted by Gasteiger charge is 2.15. The minimum absolute atomic E-state index is 0.0114. The van der Waals surface area contributed by atoms with Gasteiger partial charge >= 0.3 is 11.4 Å². The smallest absolute Gasteiger partial charge is 0.355 e. The number of methoxy groups -OCH3 is 1. The standard InChI is InChI=1S/C25H26N6O5S/c1-36-20-9-5-17(6-10-20)16-31-24(32)29-23(28-14-19-4-3-13-27-22(19)26)30(25(31)33)15-18-7-11-21(12-8-18)37(2,34)35/h3-13H,14-16H2,1-2H3,(H2,26,27)(H,28,29,32). The number of sulfone groups is 1. The lowest BCUT2D eigenvalue weighted by Gasteiger charge is -2.16. The minimum Gasteiger partial charge on any atom is -0.497 e. The predicted octanol–water partition coefficient (Wildman–Crippen LogP) is 1.50. The molecule has 192 valence electrons. The van der Waals surface area contributed by atoms with Crippen molar-refractivity contribution < 1.29 is 13.2 Å². The van der Waals surface area contributed by atoms with E-state index in [-0.39, 0.29) is 30.5 Å². The van der Waals surface area contributed by atoms with E-state index in [1.807, 2.05) is 0 Å². The average molecular weight is 523 g/mol. The number of benzene rings is 2. The largest absolute Gasteiger partial charge is 0.497 e. The van der Waals surface area contributed by atoms with Gasteiger partial charge in [0.05, 0.1) is 25.1 Å². The molecule has 0 bridgehead atoms. The third-order valence-electron chi connectivity index (χ3n) is 5.70. The number of nitrogens with two attached hydrogens (primary N) is 1. The molecule has 0 atom stereocenters. The molecule has 12 heteroatoms. The zero-order valence-corrected chi connectivity index (χ0v) is 21.1. The van der Waals surface area contributed by atoms with Crippen LogP contribution in [0, 0.1) is 0 Å². The lowest BCUT2D eigenvalue weighted by molar-refractivity contribution is 0.414. The summed E-state index contributed by atoms with van der Waals surface area (Å²) in [6, 6.07) is 16.7. The summed E-state index contributed by atoms with van der Waals surface area (Å²) in [5.41, 5.74) is 6.66. The Balaban J connectivity index is 1.73.